The normalized spacial score (nSPS) is 19.8. The van der Waals surface area contributed by atoms with Gasteiger partial charge in [0.25, 0.3) is 0 Å². The van der Waals surface area contributed by atoms with E-state index in [-0.39, 0.29) is 0 Å². The topological polar surface area (TPSA) is 18.5 Å². The molecule has 106 valence electrons. The number of likely N-dealkylation sites (N-methyl/N-ethyl adjacent to an activating group) is 1. The Balaban J connectivity index is 1.98. The third-order valence-corrected chi connectivity index (χ3v) is 3.91. The fraction of sp³-hybridized carbons (Fsp3) is 0.625. The lowest BCUT2D eigenvalue weighted by atomic mass is 10.0. The van der Waals surface area contributed by atoms with Crippen molar-refractivity contribution in [1.29, 1.82) is 0 Å². The van der Waals surface area contributed by atoms with Crippen LogP contribution in [0.5, 0.6) is 0 Å². The van der Waals surface area contributed by atoms with Crippen molar-refractivity contribution >= 4 is 0 Å². The third-order valence-electron chi connectivity index (χ3n) is 3.91. The second kappa shape index (κ2) is 7.04. The van der Waals surface area contributed by atoms with Gasteiger partial charge in [-0.25, -0.2) is 0 Å². The lowest BCUT2D eigenvalue weighted by Crippen LogP contribution is -2.44. The molecule has 2 rings (SSSR count). The highest BCUT2D eigenvalue weighted by Gasteiger charge is 2.21. The third kappa shape index (κ3) is 4.60. The minimum Gasteiger partial charge on any atom is -0.308 e. The predicted octanol–water partition coefficient (Wildman–Crippen LogP) is 1.97. The molecule has 0 radical (unpaired) electrons. The fourth-order valence-electron chi connectivity index (χ4n) is 2.76. The van der Waals surface area contributed by atoms with Crippen LogP contribution >= 0.6 is 0 Å². The van der Waals surface area contributed by atoms with E-state index in [4.69, 9.17) is 0 Å². The van der Waals surface area contributed by atoms with Gasteiger partial charge in [-0.05, 0) is 52.6 Å². The summed E-state index contributed by atoms with van der Waals surface area (Å²) in [5.74, 6) is 0. The Morgan fingerprint density at radius 2 is 1.84 bits per heavy atom. The summed E-state index contributed by atoms with van der Waals surface area (Å²) in [6.45, 7) is 3.47. The van der Waals surface area contributed by atoms with Crippen molar-refractivity contribution in [3.05, 3.63) is 35.9 Å². The van der Waals surface area contributed by atoms with Gasteiger partial charge in [0, 0.05) is 18.6 Å². The molecular weight excluding hydrogens is 234 g/mol. The number of piperidine rings is 1. The first-order chi connectivity index (χ1) is 9.15. The van der Waals surface area contributed by atoms with Gasteiger partial charge in [0.1, 0.15) is 0 Å². The molecule has 0 aliphatic carbocycles. The Hall–Kier alpha value is -0.900. The quantitative estimate of drug-likeness (QED) is 0.874. The lowest BCUT2D eigenvalue weighted by Gasteiger charge is -2.33. The largest absolute Gasteiger partial charge is 0.308 e. The van der Waals surface area contributed by atoms with Gasteiger partial charge in [-0.15, -0.1) is 0 Å². The number of nitrogens with zero attached hydrogens (tertiary/aromatic N) is 2. The molecule has 1 aliphatic rings. The lowest BCUT2D eigenvalue weighted by molar-refractivity contribution is 0.214. The minimum absolute atomic E-state index is 0.435. The van der Waals surface area contributed by atoms with Crippen molar-refractivity contribution in [3.8, 4) is 0 Å². The second-order valence-electron chi connectivity index (χ2n) is 5.97. The molecule has 1 atom stereocenters. The van der Waals surface area contributed by atoms with Gasteiger partial charge in [-0.2, -0.15) is 0 Å². The van der Waals surface area contributed by atoms with Crippen LogP contribution in [0, 0.1) is 0 Å². The molecular formula is C16H27N3. The van der Waals surface area contributed by atoms with Gasteiger partial charge < -0.3 is 15.1 Å². The molecule has 1 aromatic carbocycles. The van der Waals surface area contributed by atoms with E-state index in [2.05, 4.69) is 66.6 Å². The molecule has 1 N–H and O–H groups in total. The average molecular weight is 261 g/mol. The summed E-state index contributed by atoms with van der Waals surface area (Å²) in [6.07, 6.45) is 2.51. The molecule has 1 saturated heterocycles. The number of hydrogen-bond donors (Lipinski definition) is 1. The van der Waals surface area contributed by atoms with Crippen molar-refractivity contribution in [2.45, 2.75) is 24.9 Å². The molecule has 0 saturated carbocycles. The summed E-state index contributed by atoms with van der Waals surface area (Å²) >= 11 is 0. The summed E-state index contributed by atoms with van der Waals surface area (Å²) in [5, 5.41) is 3.86. The first-order valence-corrected chi connectivity index (χ1v) is 7.29. The van der Waals surface area contributed by atoms with Crippen LogP contribution in [0.25, 0.3) is 0 Å². The SMILES string of the molecule is CN(C)CC(NC1CCN(C)CC1)c1ccccc1. The number of rotatable bonds is 5. The Bertz CT molecular complexity index is 356. The fourth-order valence-corrected chi connectivity index (χ4v) is 2.76. The Kier molecular flexibility index (Phi) is 5.37. The molecule has 0 amide bonds. The molecule has 1 aliphatic heterocycles. The number of hydrogen-bond acceptors (Lipinski definition) is 3. The van der Waals surface area contributed by atoms with Gasteiger partial charge >= 0.3 is 0 Å². The second-order valence-corrected chi connectivity index (χ2v) is 5.97. The maximum absolute atomic E-state index is 3.86. The highest BCUT2D eigenvalue weighted by molar-refractivity contribution is 5.19. The molecule has 1 heterocycles. The summed E-state index contributed by atoms with van der Waals surface area (Å²) in [4.78, 5) is 4.68. The molecule has 1 fully saturated rings. The van der Waals surface area contributed by atoms with Gasteiger partial charge in [-0.3, -0.25) is 0 Å². The molecule has 1 aromatic rings. The van der Waals surface area contributed by atoms with E-state index in [9.17, 15) is 0 Å². The summed E-state index contributed by atoms with van der Waals surface area (Å²) in [5.41, 5.74) is 1.40. The first kappa shape index (κ1) is 14.5. The number of likely N-dealkylation sites (tertiary alicyclic amines) is 1. The molecule has 0 aromatic heterocycles. The zero-order valence-corrected chi connectivity index (χ0v) is 12.5. The van der Waals surface area contributed by atoms with Crippen LogP contribution in [0.2, 0.25) is 0 Å². The number of benzene rings is 1. The van der Waals surface area contributed by atoms with E-state index in [0.29, 0.717) is 12.1 Å². The van der Waals surface area contributed by atoms with E-state index in [0.717, 1.165) is 6.54 Å². The zero-order valence-electron chi connectivity index (χ0n) is 12.5. The smallest absolute Gasteiger partial charge is 0.0451 e. The van der Waals surface area contributed by atoms with Gasteiger partial charge in [0.05, 0.1) is 0 Å². The Morgan fingerprint density at radius 1 is 1.21 bits per heavy atom. The standard InChI is InChI=1S/C16H27N3/c1-18(2)13-16(14-7-5-4-6-8-14)17-15-9-11-19(3)12-10-15/h4-8,15-17H,9-13H2,1-3H3. The van der Waals surface area contributed by atoms with Crippen molar-refractivity contribution < 1.29 is 0 Å². The van der Waals surface area contributed by atoms with Crippen molar-refractivity contribution in [2.75, 3.05) is 40.8 Å². The Morgan fingerprint density at radius 3 is 2.42 bits per heavy atom. The minimum atomic E-state index is 0.435. The van der Waals surface area contributed by atoms with E-state index in [1.54, 1.807) is 0 Å². The summed E-state index contributed by atoms with van der Waals surface area (Å²) in [7, 11) is 6.50. The monoisotopic (exact) mass is 261 g/mol. The van der Waals surface area contributed by atoms with E-state index in [1.807, 2.05) is 0 Å². The van der Waals surface area contributed by atoms with Gasteiger partial charge in [-0.1, -0.05) is 30.3 Å². The maximum atomic E-state index is 3.86. The van der Waals surface area contributed by atoms with Crippen LogP contribution in [0.15, 0.2) is 30.3 Å². The molecule has 0 bridgehead atoms. The van der Waals surface area contributed by atoms with E-state index < -0.39 is 0 Å². The van der Waals surface area contributed by atoms with E-state index >= 15 is 0 Å². The van der Waals surface area contributed by atoms with Crippen molar-refractivity contribution in [2.24, 2.45) is 0 Å². The first-order valence-electron chi connectivity index (χ1n) is 7.29. The summed E-state index contributed by atoms with van der Waals surface area (Å²) in [6, 6.07) is 11.9. The molecule has 19 heavy (non-hydrogen) atoms. The molecule has 3 heteroatoms. The summed E-state index contributed by atoms with van der Waals surface area (Å²) < 4.78 is 0. The molecule has 3 nitrogen and oxygen atoms in total. The average Bonchev–Trinajstić information content (AvgIpc) is 2.41. The van der Waals surface area contributed by atoms with Gasteiger partial charge in [0.2, 0.25) is 0 Å². The van der Waals surface area contributed by atoms with Crippen molar-refractivity contribution in [3.63, 3.8) is 0 Å². The Labute approximate surface area is 117 Å². The van der Waals surface area contributed by atoms with Crippen LogP contribution in [0.1, 0.15) is 24.4 Å². The molecule has 0 spiro atoms. The predicted molar refractivity (Wildman–Crippen MR) is 81.4 cm³/mol. The molecule has 1 unspecified atom stereocenters. The van der Waals surface area contributed by atoms with Crippen LogP contribution in [-0.4, -0.2) is 56.6 Å². The maximum Gasteiger partial charge on any atom is 0.0451 e. The van der Waals surface area contributed by atoms with E-state index in [1.165, 1.54) is 31.5 Å². The van der Waals surface area contributed by atoms with Crippen molar-refractivity contribution in [1.82, 2.24) is 15.1 Å². The van der Waals surface area contributed by atoms with Crippen LogP contribution in [-0.2, 0) is 0 Å². The number of nitrogens with one attached hydrogen (secondary N) is 1. The van der Waals surface area contributed by atoms with Gasteiger partial charge in [0.15, 0.2) is 0 Å². The van der Waals surface area contributed by atoms with Crippen LogP contribution < -0.4 is 5.32 Å². The zero-order chi connectivity index (χ0) is 13.7. The highest BCUT2D eigenvalue weighted by Crippen LogP contribution is 2.17. The highest BCUT2D eigenvalue weighted by atomic mass is 15.1. The van der Waals surface area contributed by atoms with Crippen LogP contribution in [0.4, 0.5) is 0 Å². The van der Waals surface area contributed by atoms with Crippen LogP contribution in [0.3, 0.4) is 0 Å².